The van der Waals surface area contributed by atoms with E-state index in [1.54, 1.807) is 25.4 Å². The Kier molecular flexibility index (Phi) is 7.00. The number of nitrogens with zero attached hydrogens (tertiary/aromatic N) is 2. The van der Waals surface area contributed by atoms with Crippen LogP contribution in [0.4, 0.5) is 17.2 Å². The first kappa shape index (κ1) is 23.9. The van der Waals surface area contributed by atoms with Crippen molar-refractivity contribution in [3.63, 3.8) is 0 Å². The first-order valence-corrected chi connectivity index (χ1v) is 11.8. The lowest BCUT2D eigenvalue weighted by Crippen LogP contribution is -2.14. The van der Waals surface area contributed by atoms with E-state index in [1.807, 2.05) is 66.7 Å². The number of methoxy groups -OCH3 is 1. The topological polar surface area (TPSA) is 109 Å². The van der Waals surface area contributed by atoms with Gasteiger partial charge in [-0.05, 0) is 35.4 Å². The zero-order chi connectivity index (χ0) is 25.6. The Labute approximate surface area is 213 Å². The fourth-order valence-corrected chi connectivity index (χ4v) is 4.07. The highest BCUT2D eigenvalue weighted by Crippen LogP contribution is 2.28. The van der Waals surface area contributed by atoms with E-state index in [4.69, 9.17) is 4.74 Å². The molecule has 0 saturated heterocycles. The molecule has 0 aliphatic rings. The van der Waals surface area contributed by atoms with Gasteiger partial charge in [0.2, 0.25) is 5.91 Å². The summed E-state index contributed by atoms with van der Waals surface area (Å²) in [5, 5.41) is 6.81. The van der Waals surface area contributed by atoms with Gasteiger partial charge in [0.15, 0.2) is 5.78 Å². The summed E-state index contributed by atoms with van der Waals surface area (Å²) in [5.41, 5.74) is 5.07. The van der Waals surface area contributed by atoms with Crippen molar-refractivity contribution < 1.29 is 14.3 Å². The maximum atomic E-state index is 13.1. The van der Waals surface area contributed by atoms with Crippen LogP contribution >= 0.6 is 0 Å². The molecule has 8 heteroatoms. The summed E-state index contributed by atoms with van der Waals surface area (Å²) in [7, 11) is 1.65. The molecule has 1 amide bonds. The van der Waals surface area contributed by atoms with Crippen molar-refractivity contribution in [2.75, 3.05) is 17.7 Å². The van der Waals surface area contributed by atoms with E-state index in [9.17, 15) is 9.59 Å². The number of anilines is 3. The molecular formula is C29H25N5O3. The highest BCUT2D eigenvalue weighted by molar-refractivity contribution is 6.18. The number of fused-ring (bicyclic) bond motifs is 1. The molecule has 3 aromatic carbocycles. The molecule has 0 unspecified atom stereocenters. The highest BCUT2D eigenvalue weighted by atomic mass is 16.5. The van der Waals surface area contributed by atoms with Crippen LogP contribution in [0.3, 0.4) is 0 Å². The van der Waals surface area contributed by atoms with Gasteiger partial charge >= 0.3 is 0 Å². The molecule has 8 nitrogen and oxygen atoms in total. The third kappa shape index (κ3) is 5.55. The van der Waals surface area contributed by atoms with E-state index in [2.05, 4.69) is 25.6 Å². The van der Waals surface area contributed by atoms with Gasteiger partial charge in [-0.1, -0.05) is 54.6 Å². The monoisotopic (exact) mass is 491 g/mol. The molecule has 0 fully saturated rings. The molecule has 0 radical (unpaired) electrons. The van der Waals surface area contributed by atoms with Gasteiger partial charge in [0.25, 0.3) is 0 Å². The summed E-state index contributed by atoms with van der Waals surface area (Å²) in [6.45, 7) is 0.544. The number of hydrogen-bond donors (Lipinski definition) is 3. The van der Waals surface area contributed by atoms with Crippen LogP contribution in [0.15, 0.2) is 91.4 Å². The van der Waals surface area contributed by atoms with Crippen molar-refractivity contribution >= 4 is 39.9 Å². The summed E-state index contributed by atoms with van der Waals surface area (Å²) in [5.74, 6) is 0.296. The third-order valence-corrected chi connectivity index (χ3v) is 5.88. The Balaban J connectivity index is 1.28. The molecule has 2 aromatic heterocycles. The lowest BCUT2D eigenvalue weighted by Gasteiger charge is -2.10. The molecule has 0 aliphatic heterocycles. The number of aromatic amines is 1. The van der Waals surface area contributed by atoms with E-state index < -0.39 is 0 Å². The Morgan fingerprint density at radius 2 is 1.57 bits per heavy atom. The van der Waals surface area contributed by atoms with Crippen LogP contribution in [0.25, 0.3) is 11.0 Å². The van der Waals surface area contributed by atoms with E-state index in [1.165, 1.54) is 6.33 Å². The number of hydrogen-bond acceptors (Lipinski definition) is 6. The van der Waals surface area contributed by atoms with E-state index in [-0.39, 0.29) is 18.1 Å². The van der Waals surface area contributed by atoms with Crippen LogP contribution in [-0.4, -0.2) is 33.8 Å². The number of carbonyl (C=O) groups is 2. The molecular weight excluding hydrogens is 466 g/mol. The average Bonchev–Trinajstić information content (AvgIpc) is 3.36. The molecule has 5 aromatic rings. The number of H-pyrrole nitrogens is 1. The third-order valence-electron chi connectivity index (χ3n) is 5.88. The van der Waals surface area contributed by atoms with Gasteiger partial charge in [-0.2, -0.15) is 0 Å². The van der Waals surface area contributed by atoms with Crippen molar-refractivity contribution in [2.24, 2.45) is 0 Å². The quantitative estimate of drug-likeness (QED) is 0.243. The number of ether oxygens (including phenoxy) is 1. The number of nitrogens with one attached hydrogen (secondary N) is 3. The summed E-state index contributed by atoms with van der Waals surface area (Å²) in [4.78, 5) is 37.3. The summed E-state index contributed by atoms with van der Waals surface area (Å²) >= 11 is 0. The average molecular weight is 492 g/mol. The molecule has 37 heavy (non-hydrogen) atoms. The lowest BCUT2D eigenvalue weighted by molar-refractivity contribution is -0.115. The molecule has 0 atom stereocenters. The van der Waals surface area contributed by atoms with Crippen LogP contribution in [-0.2, 0) is 22.6 Å². The number of carbonyl (C=O) groups excluding carboxylic acids is 2. The molecule has 0 bridgehead atoms. The molecule has 2 heterocycles. The van der Waals surface area contributed by atoms with Crippen LogP contribution in [0.5, 0.6) is 0 Å². The van der Waals surface area contributed by atoms with Crippen molar-refractivity contribution in [1.82, 2.24) is 15.0 Å². The predicted molar refractivity (Wildman–Crippen MR) is 143 cm³/mol. The van der Waals surface area contributed by atoms with E-state index in [0.29, 0.717) is 40.3 Å². The first-order chi connectivity index (χ1) is 18.1. The fourth-order valence-electron chi connectivity index (χ4n) is 4.07. The SMILES string of the molecule is COCc1ccc(CC(=O)Nc2ccc(Nc3ncnc4[nH]cc(C(=O)c5ccccc5)c34)cc2)cc1. The lowest BCUT2D eigenvalue weighted by atomic mass is 10.0. The minimum absolute atomic E-state index is 0.103. The number of rotatable bonds is 9. The Hall–Kier alpha value is -4.82. The van der Waals surface area contributed by atoms with Gasteiger partial charge in [0.1, 0.15) is 17.8 Å². The number of benzene rings is 3. The zero-order valence-electron chi connectivity index (χ0n) is 20.2. The second-order valence-electron chi connectivity index (χ2n) is 8.52. The largest absolute Gasteiger partial charge is 0.380 e. The summed E-state index contributed by atoms with van der Waals surface area (Å²) in [6, 6.07) is 24.2. The highest BCUT2D eigenvalue weighted by Gasteiger charge is 2.18. The number of amides is 1. The van der Waals surface area contributed by atoms with Crippen LogP contribution < -0.4 is 10.6 Å². The van der Waals surface area contributed by atoms with Crippen LogP contribution in [0, 0.1) is 0 Å². The van der Waals surface area contributed by atoms with E-state index >= 15 is 0 Å². The smallest absolute Gasteiger partial charge is 0.228 e. The van der Waals surface area contributed by atoms with Crippen molar-refractivity contribution in [3.05, 3.63) is 114 Å². The molecule has 0 aliphatic carbocycles. The molecule has 5 rings (SSSR count). The minimum atomic E-state index is -0.115. The summed E-state index contributed by atoms with van der Waals surface area (Å²) in [6.07, 6.45) is 3.37. The molecule has 184 valence electrons. The first-order valence-electron chi connectivity index (χ1n) is 11.8. The van der Waals surface area contributed by atoms with Gasteiger partial charge in [-0.3, -0.25) is 9.59 Å². The van der Waals surface area contributed by atoms with Gasteiger partial charge in [0, 0.05) is 30.2 Å². The van der Waals surface area contributed by atoms with Gasteiger partial charge in [-0.25, -0.2) is 9.97 Å². The number of aromatic nitrogens is 3. The zero-order valence-corrected chi connectivity index (χ0v) is 20.2. The second-order valence-corrected chi connectivity index (χ2v) is 8.52. The van der Waals surface area contributed by atoms with Crippen LogP contribution in [0.2, 0.25) is 0 Å². The Morgan fingerprint density at radius 3 is 2.30 bits per heavy atom. The van der Waals surface area contributed by atoms with E-state index in [0.717, 1.165) is 16.8 Å². The molecule has 0 saturated carbocycles. The second kappa shape index (κ2) is 10.8. The normalized spacial score (nSPS) is 10.8. The molecule has 3 N–H and O–H groups in total. The predicted octanol–water partition coefficient (Wildman–Crippen LogP) is 5.26. The molecule has 0 spiro atoms. The standard InChI is InChI=1S/C29H25N5O3/c1-37-17-20-9-7-19(8-10-20)15-25(35)33-22-11-13-23(14-12-22)34-29-26-24(16-30-28(26)31-18-32-29)27(36)21-5-3-2-4-6-21/h2-14,16,18H,15,17H2,1H3,(H,33,35)(H2,30,31,32,34). The Bertz CT molecular complexity index is 1530. The van der Waals surface area contributed by atoms with Crippen molar-refractivity contribution in [3.8, 4) is 0 Å². The summed E-state index contributed by atoms with van der Waals surface area (Å²) < 4.78 is 5.12. The van der Waals surface area contributed by atoms with Gasteiger partial charge < -0.3 is 20.4 Å². The van der Waals surface area contributed by atoms with Gasteiger partial charge in [-0.15, -0.1) is 0 Å². The minimum Gasteiger partial charge on any atom is -0.380 e. The fraction of sp³-hybridized carbons (Fsp3) is 0.103. The maximum absolute atomic E-state index is 13.1. The van der Waals surface area contributed by atoms with Crippen LogP contribution in [0.1, 0.15) is 27.0 Å². The maximum Gasteiger partial charge on any atom is 0.228 e. The number of ketones is 1. The van der Waals surface area contributed by atoms with Crippen molar-refractivity contribution in [2.45, 2.75) is 13.0 Å². The Morgan fingerprint density at radius 1 is 0.865 bits per heavy atom. The van der Waals surface area contributed by atoms with Gasteiger partial charge in [0.05, 0.1) is 24.0 Å². The van der Waals surface area contributed by atoms with Crippen molar-refractivity contribution in [1.29, 1.82) is 0 Å².